The molecule has 1 aromatic rings. The number of ether oxygens (including phenoxy) is 1. The van der Waals surface area contributed by atoms with Crippen molar-refractivity contribution < 1.29 is 9.84 Å². The van der Waals surface area contributed by atoms with Crippen LogP contribution in [-0.2, 0) is 0 Å². The molecule has 2 heteroatoms. The number of hydrogen-bond donors (Lipinski definition) is 1. The number of rotatable bonds is 4. The molecule has 112 valence electrons. The van der Waals surface area contributed by atoms with E-state index >= 15 is 0 Å². The summed E-state index contributed by atoms with van der Waals surface area (Å²) >= 11 is 0. The maximum Gasteiger partial charge on any atom is 0.119 e. The highest BCUT2D eigenvalue weighted by atomic mass is 16.5. The molecule has 2 bridgehead atoms. The summed E-state index contributed by atoms with van der Waals surface area (Å²) in [5, 5.41) is 8.75. The van der Waals surface area contributed by atoms with Gasteiger partial charge in [-0.1, -0.05) is 18.3 Å². The molecule has 0 spiro atoms. The standard InChI is InChI=1S/C19H24O2/c1-14-10-19(8-7-16(14)4-2-3-9-20)21-13-18-12-15-5-6-17(18)11-15/h7-8,10,15,17-18,20H,3,5-6,9,11-13H2,1H3. The molecular formula is C19H24O2. The number of hydrogen-bond acceptors (Lipinski definition) is 2. The summed E-state index contributed by atoms with van der Waals surface area (Å²) in [6, 6.07) is 6.12. The Labute approximate surface area is 127 Å². The van der Waals surface area contributed by atoms with Crippen molar-refractivity contribution in [2.45, 2.75) is 39.0 Å². The van der Waals surface area contributed by atoms with Crippen LogP contribution in [0.3, 0.4) is 0 Å². The van der Waals surface area contributed by atoms with E-state index in [9.17, 15) is 0 Å². The zero-order chi connectivity index (χ0) is 14.7. The van der Waals surface area contributed by atoms with Gasteiger partial charge in [0.2, 0.25) is 0 Å². The minimum Gasteiger partial charge on any atom is -0.493 e. The van der Waals surface area contributed by atoms with Gasteiger partial charge in [-0.3, -0.25) is 0 Å². The monoisotopic (exact) mass is 284 g/mol. The molecule has 2 fully saturated rings. The van der Waals surface area contributed by atoms with Crippen LogP contribution in [0.5, 0.6) is 5.75 Å². The third-order valence-electron chi connectivity index (χ3n) is 5.01. The van der Waals surface area contributed by atoms with Crippen molar-refractivity contribution in [3.05, 3.63) is 29.3 Å². The van der Waals surface area contributed by atoms with Gasteiger partial charge in [-0.2, -0.15) is 0 Å². The van der Waals surface area contributed by atoms with Gasteiger partial charge in [0.1, 0.15) is 5.75 Å². The quantitative estimate of drug-likeness (QED) is 0.857. The first-order chi connectivity index (χ1) is 10.3. The Morgan fingerprint density at radius 1 is 1.29 bits per heavy atom. The average Bonchev–Trinajstić information content (AvgIpc) is 3.10. The Bertz CT molecular complexity index is 552. The van der Waals surface area contributed by atoms with Crippen LogP contribution in [0.4, 0.5) is 0 Å². The second-order valence-corrected chi connectivity index (χ2v) is 6.50. The normalized spacial score (nSPS) is 26.5. The third kappa shape index (κ3) is 3.41. The molecule has 0 amide bonds. The zero-order valence-electron chi connectivity index (χ0n) is 12.8. The molecule has 2 saturated carbocycles. The number of benzene rings is 1. The molecule has 1 aromatic carbocycles. The van der Waals surface area contributed by atoms with Crippen molar-refractivity contribution in [1.82, 2.24) is 0 Å². The summed E-state index contributed by atoms with van der Waals surface area (Å²) in [4.78, 5) is 0. The summed E-state index contributed by atoms with van der Waals surface area (Å²) in [6.07, 6.45) is 6.20. The van der Waals surface area contributed by atoms with Gasteiger partial charge in [-0.05, 0) is 67.7 Å². The lowest BCUT2D eigenvalue weighted by Crippen LogP contribution is -2.18. The third-order valence-corrected chi connectivity index (χ3v) is 5.01. The molecule has 3 rings (SSSR count). The molecule has 3 atom stereocenters. The molecule has 0 aliphatic heterocycles. The molecule has 3 unspecified atom stereocenters. The molecule has 21 heavy (non-hydrogen) atoms. The van der Waals surface area contributed by atoms with Crippen LogP contribution in [-0.4, -0.2) is 18.3 Å². The van der Waals surface area contributed by atoms with Crippen LogP contribution < -0.4 is 4.74 Å². The Balaban J connectivity index is 1.57. The lowest BCUT2D eigenvalue weighted by atomic mass is 9.89. The minimum absolute atomic E-state index is 0.122. The van der Waals surface area contributed by atoms with Crippen LogP contribution in [0.2, 0.25) is 0 Å². The molecule has 2 nitrogen and oxygen atoms in total. The van der Waals surface area contributed by atoms with E-state index in [0.717, 1.165) is 41.2 Å². The average molecular weight is 284 g/mol. The molecule has 2 aliphatic rings. The van der Waals surface area contributed by atoms with Gasteiger partial charge < -0.3 is 9.84 Å². The van der Waals surface area contributed by atoms with E-state index < -0.39 is 0 Å². The van der Waals surface area contributed by atoms with Crippen LogP contribution in [0.25, 0.3) is 0 Å². The number of fused-ring (bicyclic) bond motifs is 2. The summed E-state index contributed by atoms with van der Waals surface area (Å²) < 4.78 is 6.02. The Hall–Kier alpha value is -1.46. The molecule has 2 aliphatic carbocycles. The Morgan fingerprint density at radius 2 is 2.19 bits per heavy atom. The van der Waals surface area contributed by atoms with Gasteiger partial charge in [0.05, 0.1) is 13.2 Å². The zero-order valence-corrected chi connectivity index (χ0v) is 12.8. The van der Waals surface area contributed by atoms with E-state index in [1.807, 2.05) is 12.1 Å². The second-order valence-electron chi connectivity index (χ2n) is 6.50. The lowest BCUT2D eigenvalue weighted by Gasteiger charge is -2.21. The lowest BCUT2D eigenvalue weighted by molar-refractivity contribution is 0.195. The van der Waals surface area contributed by atoms with Crippen LogP contribution in [0.15, 0.2) is 18.2 Å². The Morgan fingerprint density at radius 3 is 2.86 bits per heavy atom. The maximum absolute atomic E-state index is 8.75. The first kappa shape index (κ1) is 14.5. The number of aliphatic hydroxyl groups is 1. The molecule has 1 N–H and O–H groups in total. The summed E-state index contributed by atoms with van der Waals surface area (Å²) in [5.74, 6) is 9.69. The van der Waals surface area contributed by atoms with E-state index in [-0.39, 0.29) is 6.61 Å². The topological polar surface area (TPSA) is 29.5 Å². The van der Waals surface area contributed by atoms with E-state index in [0.29, 0.717) is 6.42 Å². The van der Waals surface area contributed by atoms with Crippen molar-refractivity contribution in [1.29, 1.82) is 0 Å². The highest BCUT2D eigenvalue weighted by Gasteiger charge is 2.39. The van der Waals surface area contributed by atoms with E-state index in [4.69, 9.17) is 9.84 Å². The first-order valence-electron chi connectivity index (χ1n) is 8.09. The maximum atomic E-state index is 8.75. The van der Waals surface area contributed by atoms with Crippen LogP contribution in [0.1, 0.15) is 43.2 Å². The van der Waals surface area contributed by atoms with Crippen molar-refractivity contribution in [2.24, 2.45) is 17.8 Å². The fraction of sp³-hybridized carbons (Fsp3) is 0.579. The predicted molar refractivity (Wildman–Crippen MR) is 84.2 cm³/mol. The highest BCUT2D eigenvalue weighted by molar-refractivity contribution is 5.44. The van der Waals surface area contributed by atoms with Crippen LogP contribution in [0, 0.1) is 36.5 Å². The van der Waals surface area contributed by atoms with Crippen molar-refractivity contribution in [3.8, 4) is 17.6 Å². The smallest absolute Gasteiger partial charge is 0.119 e. The molecule has 0 saturated heterocycles. The van der Waals surface area contributed by atoms with Crippen molar-refractivity contribution in [3.63, 3.8) is 0 Å². The first-order valence-corrected chi connectivity index (χ1v) is 8.09. The van der Waals surface area contributed by atoms with E-state index in [1.54, 1.807) is 0 Å². The van der Waals surface area contributed by atoms with Gasteiger partial charge in [0, 0.05) is 12.0 Å². The van der Waals surface area contributed by atoms with E-state index in [2.05, 4.69) is 24.8 Å². The second kappa shape index (κ2) is 6.54. The van der Waals surface area contributed by atoms with Crippen molar-refractivity contribution in [2.75, 3.05) is 13.2 Å². The van der Waals surface area contributed by atoms with Gasteiger partial charge in [-0.15, -0.1) is 0 Å². The van der Waals surface area contributed by atoms with Gasteiger partial charge in [-0.25, -0.2) is 0 Å². The molecule has 0 heterocycles. The summed E-state index contributed by atoms with van der Waals surface area (Å²) in [5.41, 5.74) is 2.17. The fourth-order valence-corrected chi connectivity index (χ4v) is 3.86. The van der Waals surface area contributed by atoms with Crippen LogP contribution >= 0.6 is 0 Å². The van der Waals surface area contributed by atoms with Crippen molar-refractivity contribution >= 4 is 0 Å². The predicted octanol–water partition coefficient (Wildman–Crippen LogP) is 3.54. The largest absolute Gasteiger partial charge is 0.493 e. The van der Waals surface area contributed by atoms with Gasteiger partial charge >= 0.3 is 0 Å². The fourth-order valence-electron chi connectivity index (χ4n) is 3.86. The summed E-state index contributed by atoms with van der Waals surface area (Å²) in [7, 11) is 0. The van der Waals surface area contributed by atoms with E-state index in [1.165, 1.54) is 25.7 Å². The summed E-state index contributed by atoms with van der Waals surface area (Å²) in [6.45, 7) is 3.06. The molecular weight excluding hydrogens is 260 g/mol. The number of aryl methyl sites for hydroxylation is 1. The highest BCUT2D eigenvalue weighted by Crippen LogP contribution is 2.48. The minimum atomic E-state index is 0.122. The number of aliphatic hydroxyl groups excluding tert-OH is 1. The van der Waals surface area contributed by atoms with Gasteiger partial charge in [0.25, 0.3) is 0 Å². The SMILES string of the molecule is Cc1cc(OCC2CC3CCC2C3)ccc1C#CCCO. The Kier molecular flexibility index (Phi) is 4.51. The molecule has 0 aromatic heterocycles. The van der Waals surface area contributed by atoms with Gasteiger partial charge in [0.15, 0.2) is 0 Å². The molecule has 0 radical (unpaired) electrons.